The maximum atomic E-state index is 11.9. The van der Waals surface area contributed by atoms with Crippen molar-refractivity contribution in [3.63, 3.8) is 0 Å². The number of nitrogens with one attached hydrogen (secondary N) is 1. The summed E-state index contributed by atoms with van der Waals surface area (Å²) >= 11 is 5.93. The highest BCUT2D eigenvalue weighted by Gasteiger charge is 2.13. The molecule has 0 fully saturated rings. The van der Waals surface area contributed by atoms with Crippen molar-refractivity contribution in [2.75, 3.05) is 13.7 Å². The second kappa shape index (κ2) is 8.36. The summed E-state index contributed by atoms with van der Waals surface area (Å²) in [6.07, 6.45) is 0. The molecule has 5 nitrogen and oxygen atoms in total. The molecule has 0 saturated heterocycles. The summed E-state index contributed by atoms with van der Waals surface area (Å²) in [6, 6.07) is 13.5. The standard InChI is InChI=1S/C18H18ClNO4/c1-12(13-5-3-7-15(19)9-13)20-17(21)11-24-18(22)14-6-4-8-16(10-14)23-2/h3-10,12H,11H2,1-2H3,(H,20,21)/t12-/m1/s1. The van der Waals surface area contributed by atoms with E-state index in [2.05, 4.69) is 5.32 Å². The van der Waals surface area contributed by atoms with Crippen molar-refractivity contribution in [1.29, 1.82) is 0 Å². The largest absolute Gasteiger partial charge is 0.497 e. The molecule has 0 bridgehead atoms. The van der Waals surface area contributed by atoms with Gasteiger partial charge in [-0.25, -0.2) is 4.79 Å². The first-order valence-electron chi connectivity index (χ1n) is 7.35. The zero-order valence-electron chi connectivity index (χ0n) is 13.4. The van der Waals surface area contributed by atoms with Crippen LogP contribution in [0.15, 0.2) is 48.5 Å². The van der Waals surface area contributed by atoms with Crippen LogP contribution in [0, 0.1) is 0 Å². The summed E-state index contributed by atoms with van der Waals surface area (Å²) < 4.78 is 10.1. The smallest absolute Gasteiger partial charge is 0.338 e. The summed E-state index contributed by atoms with van der Waals surface area (Å²) in [4.78, 5) is 23.9. The van der Waals surface area contributed by atoms with E-state index in [9.17, 15) is 9.59 Å². The Labute approximate surface area is 145 Å². The van der Waals surface area contributed by atoms with Crippen LogP contribution < -0.4 is 10.1 Å². The highest BCUT2D eigenvalue weighted by molar-refractivity contribution is 6.30. The summed E-state index contributed by atoms with van der Waals surface area (Å²) in [5, 5.41) is 3.35. The van der Waals surface area contributed by atoms with Gasteiger partial charge in [-0.2, -0.15) is 0 Å². The third-order valence-corrected chi connectivity index (χ3v) is 3.60. The van der Waals surface area contributed by atoms with Crippen molar-refractivity contribution >= 4 is 23.5 Å². The van der Waals surface area contributed by atoms with Gasteiger partial charge in [-0.05, 0) is 42.8 Å². The fraction of sp³-hybridized carbons (Fsp3) is 0.222. The van der Waals surface area contributed by atoms with Crippen molar-refractivity contribution in [3.05, 3.63) is 64.7 Å². The van der Waals surface area contributed by atoms with Crippen LogP contribution in [0.2, 0.25) is 5.02 Å². The van der Waals surface area contributed by atoms with Crippen molar-refractivity contribution in [2.24, 2.45) is 0 Å². The molecule has 0 aliphatic rings. The van der Waals surface area contributed by atoms with E-state index in [0.717, 1.165) is 5.56 Å². The number of carbonyl (C=O) groups excluding carboxylic acids is 2. The Kier molecular flexibility index (Phi) is 6.21. The molecule has 0 spiro atoms. The van der Waals surface area contributed by atoms with Crippen LogP contribution in [-0.4, -0.2) is 25.6 Å². The van der Waals surface area contributed by atoms with Gasteiger partial charge in [0.25, 0.3) is 5.91 Å². The molecule has 24 heavy (non-hydrogen) atoms. The van der Waals surface area contributed by atoms with Gasteiger partial charge in [0.15, 0.2) is 6.61 Å². The normalized spacial score (nSPS) is 11.5. The highest BCUT2D eigenvalue weighted by atomic mass is 35.5. The lowest BCUT2D eigenvalue weighted by molar-refractivity contribution is -0.124. The van der Waals surface area contributed by atoms with Gasteiger partial charge >= 0.3 is 5.97 Å². The molecule has 0 heterocycles. The molecule has 0 unspecified atom stereocenters. The zero-order chi connectivity index (χ0) is 17.5. The van der Waals surface area contributed by atoms with Crippen LogP contribution in [0.1, 0.15) is 28.9 Å². The van der Waals surface area contributed by atoms with Gasteiger partial charge in [0, 0.05) is 5.02 Å². The average molecular weight is 348 g/mol. The van der Waals surface area contributed by atoms with Crippen LogP contribution in [0.3, 0.4) is 0 Å². The van der Waals surface area contributed by atoms with Crippen molar-refractivity contribution in [1.82, 2.24) is 5.32 Å². The van der Waals surface area contributed by atoms with Gasteiger partial charge in [0.2, 0.25) is 0 Å². The fourth-order valence-electron chi connectivity index (χ4n) is 2.11. The fourth-order valence-corrected chi connectivity index (χ4v) is 2.31. The number of rotatable bonds is 6. The number of ether oxygens (including phenoxy) is 2. The van der Waals surface area contributed by atoms with E-state index in [1.165, 1.54) is 7.11 Å². The minimum absolute atomic E-state index is 0.244. The number of carbonyl (C=O) groups is 2. The summed E-state index contributed by atoms with van der Waals surface area (Å²) in [5.41, 5.74) is 1.19. The van der Waals surface area contributed by atoms with Gasteiger partial charge in [-0.15, -0.1) is 0 Å². The second-order valence-electron chi connectivity index (χ2n) is 5.15. The van der Waals surface area contributed by atoms with E-state index in [-0.39, 0.29) is 12.6 Å². The lowest BCUT2D eigenvalue weighted by Crippen LogP contribution is -2.31. The van der Waals surface area contributed by atoms with Crippen LogP contribution in [0.4, 0.5) is 0 Å². The molecule has 1 amide bonds. The Hall–Kier alpha value is -2.53. The van der Waals surface area contributed by atoms with Crippen molar-refractivity contribution in [3.8, 4) is 5.75 Å². The van der Waals surface area contributed by atoms with Gasteiger partial charge in [-0.1, -0.05) is 29.8 Å². The van der Waals surface area contributed by atoms with Crippen LogP contribution in [0.5, 0.6) is 5.75 Å². The molecule has 2 rings (SSSR count). The third kappa shape index (κ3) is 4.99. The maximum Gasteiger partial charge on any atom is 0.338 e. The summed E-state index contributed by atoms with van der Waals surface area (Å²) in [6.45, 7) is 1.47. The molecule has 126 valence electrons. The minimum atomic E-state index is -0.584. The van der Waals surface area contributed by atoms with E-state index < -0.39 is 11.9 Å². The molecule has 0 aliphatic carbocycles. The molecule has 0 aromatic heterocycles. The number of hydrogen-bond acceptors (Lipinski definition) is 4. The number of benzene rings is 2. The SMILES string of the molecule is COc1cccc(C(=O)OCC(=O)N[C@H](C)c2cccc(Cl)c2)c1. The summed E-state index contributed by atoms with van der Waals surface area (Å²) in [7, 11) is 1.51. The predicted molar refractivity (Wildman–Crippen MR) is 91.3 cm³/mol. The first-order chi connectivity index (χ1) is 11.5. The predicted octanol–water partition coefficient (Wildman–Crippen LogP) is 3.38. The number of methoxy groups -OCH3 is 1. The highest BCUT2D eigenvalue weighted by Crippen LogP contribution is 2.17. The Morgan fingerprint density at radius 3 is 2.62 bits per heavy atom. The topological polar surface area (TPSA) is 64.6 Å². The zero-order valence-corrected chi connectivity index (χ0v) is 14.2. The number of hydrogen-bond donors (Lipinski definition) is 1. The van der Waals surface area contributed by atoms with Crippen LogP contribution >= 0.6 is 11.6 Å². The lowest BCUT2D eigenvalue weighted by Gasteiger charge is -2.14. The molecule has 0 radical (unpaired) electrons. The third-order valence-electron chi connectivity index (χ3n) is 3.37. The van der Waals surface area contributed by atoms with Crippen molar-refractivity contribution in [2.45, 2.75) is 13.0 Å². The van der Waals surface area contributed by atoms with E-state index in [4.69, 9.17) is 21.1 Å². The van der Waals surface area contributed by atoms with Gasteiger partial charge in [-0.3, -0.25) is 4.79 Å². The quantitative estimate of drug-likeness (QED) is 0.813. The molecule has 0 aliphatic heterocycles. The van der Waals surface area contributed by atoms with E-state index >= 15 is 0 Å². The minimum Gasteiger partial charge on any atom is -0.497 e. The van der Waals surface area contributed by atoms with E-state index in [0.29, 0.717) is 16.3 Å². The van der Waals surface area contributed by atoms with E-state index in [1.807, 2.05) is 19.1 Å². The van der Waals surface area contributed by atoms with Gasteiger partial charge in [0.1, 0.15) is 5.75 Å². The van der Waals surface area contributed by atoms with Gasteiger partial charge in [0.05, 0.1) is 18.7 Å². The molecule has 0 saturated carbocycles. The average Bonchev–Trinajstić information content (AvgIpc) is 2.59. The molecule has 1 N–H and O–H groups in total. The number of esters is 1. The molecule has 1 atom stereocenters. The summed E-state index contributed by atoms with van der Waals surface area (Å²) in [5.74, 6) is -0.429. The molecule has 2 aromatic rings. The molecule has 6 heteroatoms. The lowest BCUT2D eigenvalue weighted by atomic mass is 10.1. The van der Waals surface area contributed by atoms with Crippen LogP contribution in [-0.2, 0) is 9.53 Å². The van der Waals surface area contributed by atoms with Crippen molar-refractivity contribution < 1.29 is 19.1 Å². The molecular formula is C18H18ClNO4. The Bertz CT molecular complexity index is 732. The van der Waals surface area contributed by atoms with Crippen LogP contribution in [0.25, 0.3) is 0 Å². The molecule has 2 aromatic carbocycles. The van der Waals surface area contributed by atoms with Gasteiger partial charge < -0.3 is 14.8 Å². The number of halogens is 1. The maximum absolute atomic E-state index is 11.9. The monoisotopic (exact) mass is 347 g/mol. The number of amides is 1. The Balaban J connectivity index is 1.87. The van der Waals surface area contributed by atoms with E-state index in [1.54, 1.807) is 36.4 Å². The second-order valence-corrected chi connectivity index (χ2v) is 5.59. The first-order valence-corrected chi connectivity index (χ1v) is 7.73. The molecular weight excluding hydrogens is 330 g/mol. The Morgan fingerprint density at radius 1 is 1.17 bits per heavy atom. The first kappa shape index (κ1) is 17.8. The Morgan fingerprint density at radius 2 is 1.92 bits per heavy atom.